The molecule has 0 N–H and O–H groups in total. The molecular formula is C28H43F3. The first-order valence-corrected chi connectivity index (χ1v) is 13.2. The SMILES string of the molecule is CCCCCCCC[C@H]1CC[C@](CCc2cc(F)c(F)c(F)c2)(C2CCCCC2)CC1. The monoisotopic (exact) mass is 436 g/mol. The number of unbranched alkanes of at least 4 members (excludes halogenated alkanes) is 5. The van der Waals surface area contributed by atoms with Gasteiger partial charge in [-0.2, -0.15) is 0 Å². The number of aryl methyl sites for hydroxylation is 1. The summed E-state index contributed by atoms with van der Waals surface area (Å²) in [6.45, 7) is 2.27. The van der Waals surface area contributed by atoms with E-state index in [1.165, 1.54) is 115 Å². The van der Waals surface area contributed by atoms with Crippen molar-refractivity contribution in [2.45, 2.75) is 122 Å². The maximum absolute atomic E-state index is 13.7. The molecule has 0 unspecified atom stereocenters. The molecule has 2 aliphatic carbocycles. The van der Waals surface area contributed by atoms with Crippen molar-refractivity contribution in [3.05, 3.63) is 35.1 Å². The van der Waals surface area contributed by atoms with Gasteiger partial charge in [0.15, 0.2) is 17.5 Å². The van der Waals surface area contributed by atoms with E-state index in [9.17, 15) is 13.2 Å². The van der Waals surface area contributed by atoms with Gasteiger partial charge in [0.1, 0.15) is 0 Å². The van der Waals surface area contributed by atoms with Crippen LogP contribution in [0.15, 0.2) is 12.1 Å². The summed E-state index contributed by atoms with van der Waals surface area (Å²) in [5.74, 6) is -1.83. The lowest BCUT2D eigenvalue weighted by molar-refractivity contribution is 0.0378. The molecule has 3 rings (SSSR count). The lowest BCUT2D eigenvalue weighted by Gasteiger charge is -2.48. The predicted molar refractivity (Wildman–Crippen MR) is 124 cm³/mol. The zero-order chi connectivity index (χ0) is 22.1. The molecule has 0 aromatic heterocycles. The number of hydrogen-bond acceptors (Lipinski definition) is 0. The highest BCUT2D eigenvalue weighted by Crippen LogP contribution is 2.52. The highest BCUT2D eigenvalue weighted by atomic mass is 19.2. The number of hydrogen-bond donors (Lipinski definition) is 0. The molecule has 0 atom stereocenters. The van der Waals surface area contributed by atoms with Gasteiger partial charge < -0.3 is 0 Å². The summed E-state index contributed by atoms with van der Waals surface area (Å²) in [5.41, 5.74) is 0.931. The molecule has 0 amide bonds. The molecule has 0 saturated heterocycles. The van der Waals surface area contributed by atoms with Crippen molar-refractivity contribution in [1.29, 1.82) is 0 Å². The highest BCUT2D eigenvalue weighted by molar-refractivity contribution is 5.20. The van der Waals surface area contributed by atoms with E-state index in [-0.39, 0.29) is 0 Å². The summed E-state index contributed by atoms with van der Waals surface area (Å²) in [6.07, 6.45) is 23.0. The summed E-state index contributed by atoms with van der Waals surface area (Å²) >= 11 is 0. The smallest absolute Gasteiger partial charge is 0.194 e. The zero-order valence-corrected chi connectivity index (χ0v) is 19.7. The first kappa shape index (κ1) is 24.6. The van der Waals surface area contributed by atoms with Crippen LogP contribution in [0.25, 0.3) is 0 Å². The maximum Gasteiger partial charge on any atom is 0.194 e. The molecule has 0 bridgehead atoms. The average Bonchev–Trinajstić information content (AvgIpc) is 2.80. The second-order valence-electron chi connectivity index (χ2n) is 10.6. The minimum Gasteiger partial charge on any atom is -0.204 e. The Balaban J connectivity index is 1.55. The van der Waals surface area contributed by atoms with Gasteiger partial charge in [0.2, 0.25) is 0 Å². The van der Waals surface area contributed by atoms with E-state index in [2.05, 4.69) is 6.92 Å². The zero-order valence-electron chi connectivity index (χ0n) is 19.7. The van der Waals surface area contributed by atoms with Crippen molar-refractivity contribution in [2.75, 3.05) is 0 Å². The van der Waals surface area contributed by atoms with E-state index in [4.69, 9.17) is 0 Å². The molecule has 0 spiro atoms. The van der Waals surface area contributed by atoms with Crippen LogP contribution in [0.1, 0.15) is 122 Å². The molecule has 2 fully saturated rings. The van der Waals surface area contributed by atoms with Crippen LogP contribution in [0.5, 0.6) is 0 Å². The Kier molecular flexibility index (Phi) is 9.78. The quantitative estimate of drug-likeness (QED) is 0.239. The molecule has 1 aromatic carbocycles. The molecule has 176 valence electrons. The summed E-state index contributed by atoms with van der Waals surface area (Å²) in [6, 6.07) is 2.41. The molecule has 0 nitrogen and oxygen atoms in total. The third-order valence-corrected chi connectivity index (χ3v) is 8.49. The van der Waals surface area contributed by atoms with Crippen LogP contribution in [0.2, 0.25) is 0 Å². The normalized spacial score (nSPS) is 25.1. The lowest BCUT2D eigenvalue weighted by atomic mass is 9.58. The fraction of sp³-hybridized carbons (Fsp3) is 0.786. The van der Waals surface area contributed by atoms with Gasteiger partial charge in [0.05, 0.1) is 0 Å². The Morgan fingerprint density at radius 2 is 1.42 bits per heavy atom. The highest BCUT2D eigenvalue weighted by Gasteiger charge is 2.41. The van der Waals surface area contributed by atoms with Crippen LogP contribution in [0.4, 0.5) is 13.2 Å². The fourth-order valence-electron chi connectivity index (χ4n) is 6.48. The van der Waals surface area contributed by atoms with E-state index in [0.717, 1.165) is 18.3 Å². The van der Waals surface area contributed by atoms with Gasteiger partial charge in [-0.3, -0.25) is 0 Å². The molecule has 2 saturated carbocycles. The third-order valence-electron chi connectivity index (χ3n) is 8.49. The van der Waals surface area contributed by atoms with Gasteiger partial charge >= 0.3 is 0 Å². The van der Waals surface area contributed by atoms with E-state index in [1.54, 1.807) is 0 Å². The van der Waals surface area contributed by atoms with Gasteiger partial charge in [-0.1, -0.05) is 71.1 Å². The lowest BCUT2D eigenvalue weighted by Crippen LogP contribution is -2.37. The predicted octanol–water partition coefficient (Wildman–Crippen LogP) is 9.54. The first-order valence-electron chi connectivity index (χ1n) is 13.2. The minimum atomic E-state index is -1.35. The van der Waals surface area contributed by atoms with Crippen LogP contribution in [0.3, 0.4) is 0 Å². The van der Waals surface area contributed by atoms with Crippen molar-refractivity contribution in [3.63, 3.8) is 0 Å². The van der Waals surface area contributed by atoms with Gasteiger partial charge in [-0.25, -0.2) is 13.2 Å². The van der Waals surface area contributed by atoms with E-state index in [0.29, 0.717) is 17.4 Å². The Labute approximate surface area is 188 Å². The summed E-state index contributed by atoms with van der Waals surface area (Å²) in [5, 5.41) is 0. The summed E-state index contributed by atoms with van der Waals surface area (Å²) < 4.78 is 40.8. The molecule has 0 heterocycles. The van der Waals surface area contributed by atoms with Gasteiger partial charge in [0, 0.05) is 0 Å². The fourth-order valence-corrected chi connectivity index (χ4v) is 6.48. The standard InChI is InChI=1S/C28H43F3/c1-2-3-4-5-6-8-11-22-14-17-28(18-15-22,24-12-9-7-10-13-24)19-16-23-20-25(29)27(31)26(30)21-23/h20-22,24H,2-19H2,1H3/t22-,28-. The third kappa shape index (κ3) is 6.99. The van der Waals surface area contributed by atoms with Crippen molar-refractivity contribution in [2.24, 2.45) is 17.3 Å². The van der Waals surface area contributed by atoms with Gasteiger partial charge in [0.25, 0.3) is 0 Å². The summed E-state index contributed by atoms with van der Waals surface area (Å²) in [7, 11) is 0. The second kappa shape index (κ2) is 12.3. The number of rotatable bonds is 11. The van der Waals surface area contributed by atoms with E-state index in [1.807, 2.05) is 0 Å². The molecule has 3 heteroatoms. The van der Waals surface area contributed by atoms with Crippen molar-refractivity contribution >= 4 is 0 Å². The van der Waals surface area contributed by atoms with E-state index >= 15 is 0 Å². The molecule has 1 aromatic rings. The Hall–Kier alpha value is -0.990. The molecule has 0 aliphatic heterocycles. The van der Waals surface area contributed by atoms with Crippen molar-refractivity contribution < 1.29 is 13.2 Å². The van der Waals surface area contributed by atoms with E-state index < -0.39 is 17.5 Å². The van der Waals surface area contributed by atoms with Crippen LogP contribution < -0.4 is 0 Å². The molecule has 31 heavy (non-hydrogen) atoms. The Morgan fingerprint density at radius 1 is 0.806 bits per heavy atom. The average molecular weight is 437 g/mol. The van der Waals surface area contributed by atoms with Crippen LogP contribution in [0, 0.1) is 34.7 Å². The Bertz CT molecular complexity index is 631. The first-order chi connectivity index (χ1) is 15.0. The van der Waals surface area contributed by atoms with Gasteiger partial charge in [-0.05, 0) is 86.3 Å². The second-order valence-corrected chi connectivity index (χ2v) is 10.6. The molecule has 2 aliphatic rings. The van der Waals surface area contributed by atoms with Crippen molar-refractivity contribution in [1.82, 2.24) is 0 Å². The van der Waals surface area contributed by atoms with Crippen LogP contribution in [-0.4, -0.2) is 0 Å². The number of halogens is 3. The molecular weight excluding hydrogens is 393 g/mol. The topological polar surface area (TPSA) is 0 Å². The molecule has 0 radical (unpaired) electrons. The largest absolute Gasteiger partial charge is 0.204 e. The van der Waals surface area contributed by atoms with Crippen molar-refractivity contribution in [3.8, 4) is 0 Å². The van der Waals surface area contributed by atoms with Crippen LogP contribution >= 0.6 is 0 Å². The Morgan fingerprint density at radius 3 is 2.06 bits per heavy atom. The van der Waals surface area contributed by atoms with Crippen LogP contribution in [-0.2, 0) is 6.42 Å². The summed E-state index contributed by atoms with van der Waals surface area (Å²) in [4.78, 5) is 0. The maximum atomic E-state index is 13.7. The van der Waals surface area contributed by atoms with Gasteiger partial charge in [-0.15, -0.1) is 0 Å². The number of benzene rings is 1. The minimum absolute atomic E-state index is 0.319.